The predicted octanol–water partition coefficient (Wildman–Crippen LogP) is 7.14. The summed E-state index contributed by atoms with van der Waals surface area (Å²) in [5.41, 5.74) is 11.8. The van der Waals surface area contributed by atoms with Crippen molar-refractivity contribution in [1.82, 2.24) is 0 Å². The predicted molar refractivity (Wildman–Crippen MR) is 157 cm³/mol. The van der Waals surface area contributed by atoms with E-state index in [1.165, 1.54) is 0 Å². The van der Waals surface area contributed by atoms with E-state index in [2.05, 4.69) is 10.0 Å². The number of alkyl halides is 3. The lowest BCUT2D eigenvalue weighted by molar-refractivity contribution is -0.305. The fourth-order valence-electron chi connectivity index (χ4n) is 4.29. The Balaban J connectivity index is 1.68. The summed E-state index contributed by atoms with van der Waals surface area (Å²) in [5.74, 6) is -0.659. The Kier molecular flexibility index (Phi) is 11.7. The van der Waals surface area contributed by atoms with Gasteiger partial charge in [-0.1, -0.05) is 131 Å². The number of azide groups is 1. The Hall–Kier alpha value is -2.85. The molecule has 1 aliphatic heterocycles. The second-order valence-corrected chi connectivity index (χ2v) is 11.5. The van der Waals surface area contributed by atoms with Gasteiger partial charge in [0.15, 0.2) is 0 Å². The van der Waals surface area contributed by atoms with E-state index in [-0.39, 0.29) is 26.4 Å². The lowest BCUT2D eigenvalue weighted by atomic mass is 9.97. The molecule has 0 unspecified atom stereocenters. The molecule has 9 nitrogen and oxygen atoms in total. The summed E-state index contributed by atoms with van der Waals surface area (Å²) in [6, 6.07) is 28.7. The highest BCUT2D eigenvalue weighted by molar-refractivity contribution is 6.76. The van der Waals surface area contributed by atoms with Crippen molar-refractivity contribution in [2.24, 2.45) is 5.11 Å². The zero-order valence-corrected chi connectivity index (χ0v) is 24.2. The van der Waals surface area contributed by atoms with E-state index in [4.69, 9.17) is 69.4 Å². The average molecular weight is 620 g/mol. The van der Waals surface area contributed by atoms with Gasteiger partial charge in [0, 0.05) is 4.91 Å². The number of nitrogens with one attached hydrogen (secondary N) is 1. The van der Waals surface area contributed by atoms with Gasteiger partial charge < -0.3 is 23.7 Å². The van der Waals surface area contributed by atoms with Crippen LogP contribution < -0.4 is 0 Å². The standard InChI is InChI=1S/C29H29Cl3N4O5/c30-29(31,32)28(33)41-27-26(39-19-22-14-8-3-9-15-22)25(38-18-21-12-6-2-7-13-21)24(23(40-27)16-35-36-34)37-17-20-10-4-1-5-11-20/h1-15,23-27,33H,16-19H2/t23-,24+,25+,26-,27+/m1/s1. The fourth-order valence-corrected chi connectivity index (χ4v) is 4.42. The molecule has 1 fully saturated rings. The third kappa shape index (κ3) is 9.33. The molecule has 0 amide bonds. The average Bonchev–Trinajstić information content (AvgIpc) is 2.98. The maximum absolute atomic E-state index is 9.08. The molecule has 216 valence electrons. The topological polar surface area (TPSA) is 119 Å². The van der Waals surface area contributed by atoms with E-state index in [9.17, 15) is 0 Å². The molecule has 3 aromatic rings. The van der Waals surface area contributed by atoms with Gasteiger partial charge in [0.1, 0.15) is 18.3 Å². The summed E-state index contributed by atoms with van der Waals surface area (Å²) in [6.07, 6.45) is -4.58. The molecule has 0 radical (unpaired) electrons. The van der Waals surface area contributed by atoms with Crippen LogP contribution >= 0.6 is 34.8 Å². The lowest BCUT2D eigenvalue weighted by Gasteiger charge is -2.45. The second-order valence-electron chi connectivity index (χ2n) is 9.18. The van der Waals surface area contributed by atoms with Crippen LogP contribution in [-0.2, 0) is 43.5 Å². The SMILES string of the molecule is [N-]=[N+]=NC[C@H]1O[C@@H](OC(=N)C(Cl)(Cl)Cl)[C@H](OCc2ccccc2)[C@@H](OCc2ccccc2)[C@H]1OCc1ccccc1. The minimum absolute atomic E-state index is 0.104. The van der Waals surface area contributed by atoms with Crippen LogP contribution in [0, 0.1) is 5.41 Å². The van der Waals surface area contributed by atoms with E-state index >= 15 is 0 Å². The van der Waals surface area contributed by atoms with E-state index in [1.807, 2.05) is 91.0 Å². The Morgan fingerprint density at radius 1 is 0.756 bits per heavy atom. The Morgan fingerprint density at radius 2 is 1.20 bits per heavy atom. The van der Waals surface area contributed by atoms with E-state index in [0.717, 1.165) is 16.7 Å². The molecule has 1 heterocycles. The number of ether oxygens (including phenoxy) is 5. The molecular formula is C29H29Cl3N4O5. The van der Waals surface area contributed by atoms with Crippen molar-refractivity contribution < 1.29 is 23.7 Å². The fraction of sp³-hybridized carbons (Fsp3) is 0.345. The van der Waals surface area contributed by atoms with Crippen molar-refractivity contribution in [2.75, 3.05) is 6.54 Å². The van der Waals surface area contributed by atoms with Crippen LogP contribution in [0.25, 0.3) is 10.4 Å². The van der Waals surface area contributed by atoms with Crippen LogP contribution in [-0.4, -0.2) is 46.9 Å². The first-order valence-corrected chi connectivity index (χ1v) is 13.9. The van der Waals surface area contributed by atoms with Gasteiger partial charge >= 0.3 is 0 Å². The monoisotopic (exact) mass is 618 g/mol. The molecule has 3 aromatic carbocycles. The lowest BCUT2D eigenvalue weighted by Crippen LogP contribution is -2.62. The number of hydrogen-bond acceptors (Lipinski definition) is 7. The zero-order chi connectivity index (χ0) is 29.1. The van der Waals surface area contributed by atoms with Crippen molar-refractivity contribution in [3.05, 3.63) is 118 Å². The molecule has 1 aliphatic rings. The van der Waals surface area contributed by atoms with Crippen molar-refractivity contribution in [3.63, 3.8) is 0 Å². The summed E-state index contributed by atoms with van der Waals surface area (Å²) in [4.78, 5) is 2.89. The van der Waals surface area contributed by atoms with Crippen LogP contribution in [0.5, 0.6) is 0 Å². The van der Waals surface area contributed by atoms with Gasteiger partial charge in [0.05, 0.1) is 32.5 Å². The summed E-state index contributed by atoms with van der Waals surface area (Å²) in [7, 11) is 0. The van der Waals surface area contributed by atoms with E-state index in [0.29, 0.717) is 0 Å². The minimum atomic E-state index is -2.14. The van der Waals surface area contributed by atoms with Gasteiger partial charge in [-0.3, -0.25) is 5.41 Å². The number of nitrogens with zero attached hydrogens (tertiary/aromatic N) is 3. The molecule has 1 N–H and O–H groups in total. The molecule has 0 saturated carbocycles. The van der Waals surface area contributed by atoms with Gasteiger partial charge in [-0.15, -0.1) is 0 Å². The molecule has 41 heavy (non-hydrogen) atoms. The van der Waals surface area contributed by atoms with Gasteiger partial charge in [-0.05, 0) is 22.2 Å². The highest BCUT2D eigenvalue weighted by Crippen LogP contribution is 2.34. The van der Waals surface area contributed by atoms with Gasteiger partial charge in [0.2, 0.25) is 12.2 Å². The first kappa shape index (κ1) is 31.1. The number of rotatable bonds is 12. The summed E-state index contributed by atoms with van der Waals surface area (Å²) in [6.45, 7) is 0.513. The van der Waals surface area contributed by atoms with Gasteiger partial charge in [0.25, 0.3) is 3.79 Å². The molecule has 12 heteroatoms. The van der Waals surface area contributed by atoms with Gasteiger partial charge in [-0.25, -0.2) is 0 Å². The number of benzene rings is 3. The molecule has 1 saturated heterocycles. The van der Waals surface area contributed by atoms with Crippen molar-refractivity contribution in [2.45, 2.75) is 54.3 Å². The minimum Gasteiger partial charge on any atom is -0.445 e. The van der Waals surface area contributed by atoms with Crippen molar-refractivity contribution >= 4 is 40.7 Å². The smallest absolute Gasteiger partial charge is 0.265 e. The maximum Gasteiger partial charge on any atom is 0.265 e. The zero-order valence-electron chi connectivity index (χ0n) is 21.9. The second kappa shape index (κ2) is 15.4. The van der Waals surface area contributed by atoms with Crippen molar-refractivity contribution in [1.29, 1.82) is 5.41 Å². The van der Waals surface area contributed by atoms with E-state index < -0.39 is 40.4 Å². The van der Waals surface area contributed by atoms with Crippen molar-refractivity contribution in [3.8, 4) is 0 Å². The van der Waals surface area contributed by atoms with Crippen LogP contribution in [0.4, 0.5) is 0 Å². The molecule has 0 spiro atoms. The molecule has 0 aromatic heterocycles. The number of hydrogen-bond donors (Lipinski definition) is 1. The molecule has 4 rings (SSSR count). The third-order valence-corrected chi connectivity index (χ3v) is 6.78. The Bertz CT molecular complexity index is 1280. The highest BCUT2D eigenvalue weighted by atomic mass is 35.6. The van der Waals surface area contributed by atoms with Crippen LogP contribution in [0.1, 0.15) is 16.7 Å². The molecule has 0 aliphatic carbocycles. The molecular weight excluding hydrogens is 591 g/mol. The molecule has 5 atom stereocenters. The van der Waals surface area contributed by atoms with Crippen LogP contribution in [0.15, 0.2) is 96.1 Å². The van der Waals surface area contributed by atoms with Crippen LogP contribution in [0.2, 0.25) is 0 Å². The third-order valence-electron chi connectivity index (χ3n) is 6.26. The number of halogens is 3. The first-order chi connectivity index (χ1) is 19.8. The quantitative estimate of drug-likeness (QED) is 0.0577. The Labute approximate surface area is 253 Å². The van der Waals surface area contributed by atoms with Crippen LogP contribution in [0.3, 0.4) is 0 Å². The first-order valence-electron chi connectivity index (χ1n) is 12.8. The summed E-state index contributed by atoms with van der Waals surface area (Å²) < 4.78 is 29.0. The van der Waals surface area contributed by atoms with E-state index in [1.54, 1.807) is 0 Å². The summed E-state index contributed by atoms with van der Waals surface area (Å²) >= 11 is 17.8. The Morgan fingerprint density at radius 3 is 1.63 bits per heavy atom. The largest absolute Gasteiger partial charge is 0.445 e. The highest BCUT2D eigenvalue weighted by Gasteiger charge is 2.50. The normalized spacial score (nSPS) is 22.5. The molecule has 0 bridgehead atoms. The summed E-state index contributed by atoms with van der Waals surface area (Å²) in [5, 5.41) is 11.9. The van der Waals surface area contributed by atoms with Gasteiger partial charge in [-0.2, -0.15) is 0 Å². The maximum atomic E-state index is 9.08.